The highest BCUT2D eigenvalue weighted by Gasteiger charge is 2.32. The molecule has 1 N–H and O–H groups in total. The molecule has 2 rings (SSSR count). The highest BCUT2D eigenvalue weighted by molar-refractivity contribution is 7.99. The molecule has 0 aromatic heterocycles. The van der Waals surface area contributed by atoms with Gasteiger partial charge in [-0.2, -0.15) is 16.1 Å². The van der Waals surface area contributed by atoms with Crippen LogP contribution in [0.2, 0.25) is 0 Å². The monoisotopic (exact) mass is 314 g/mol. The van der Waals surface area contributed by atoms with E-state index in [2.05, 4.69) is 5.32 Å². The van der Waals surface area contributed by atoms with Gasteiger partial charge in [0.15, 0.2) is 0 Å². The van der Waals surface area contributed by atoms with Gasteiger partial charge in [-0.15, -0.1) is 0 Å². The van der Waals surface area contributed by atoms with Crippen LogP contribution in [-0.4, -0.2) is 43.4 Å². The third-order valence-corrected chi connectivity index (χ3v) is 6.73. The van der Waals surface area contributed by atoms with Crippen molar-refractivity contribution in [3.05, 3.63) is 29.8 Å². The average molecular weight is 314 g/mol. The predicted molar refractivity (Wildman–Crippen MR) is 84.5 cm³/mol. The maximum absolute atomic E-state index is 12.9. The van der Waals surface area contributed by atoms with Crippen LogP contribution in [0, 0.1) is 0 Å². The van der Waals surface area contributed by atoms with Crippen LogP contribution in [0.5, 0.6) is 0 Å². The molecule has 0 spiro atoms. The summed E-state index contributed by atoms with van der Waals surface area (Å²) in [4.78, 5) is 0.444. The van der Waals surface area contributed by atoms with E-state index in [-0.39, 0.29) is 6.04 Å². The molecule has 0 amide bonds. The molecule has 0 bridgehead atoms. The predicted octanol–water partition coefficient (Wildman–Crippen LogP) is 1.92. The van der Waals surface area contributed by atoms with Crippen molar-refractivity contribution in [2.45, 2.75) is 31.3 Å². The number of nitrogens with zero attached hydrogens (tertiary/aromatic N) is 1. The van der Waals surface area contributed by atoms with Crippen molar-refractivity contribution >= 4 is 21.8 Å². The summed E-state index contributed by atoms with van der Waals surface area (Å²) in [7, 11) is -3.39. The van der Waals surface area contributed by atoms with Crippen LogP contribution >= 0.6 is 11.8 Å². The summed E-state index contributed by atoms with van der Waals surface area (Å²) in [6.07, 6.45) is 0. The van der Waals surface area contributed by atoms with Gasteiger partial charge in [0.25, 0.3) is 0 Å². The van der Waals surface area contributed by atoms with Crippen LogP contribution < -0.4 is 5.32 Å². The van der Waals surface area contributed by atoms with Crippen LogP contribution in [0.3, 0.4) is 0 Å². The Balaban J connectivity index is 2.33. The fourth-order valence-corrected chi connectivity index (χ4v) is 5.43. The second-order valence-corrected chi connectivity index (χ2v) is 7.94. The van der Waals surface area contributed by atoms with Gasteiger partial charge >= 0.3 is 0 Å². The molecule has 4 nitrogen and oxygen atoms in total. The quantitative estimate of drug-likeness (QED) is 0.902. The molecule has 1 aromatic rings. The first-order valence-electron chi connectivity index (χ1n) is 6.95. The molecule has 6 heteroatoms. The number of thioether (sulfide) groups is 1. The molecule has 1 unspecified atom stereocenters. The number of hydrogen-bond donors (Lipinski definition) is 1. The van der Waals surface area contributed by atoms with Crippen LogP contribution in [0.15, 0.2) is 29.2 Å². The Morgan fingerprint density at radius 3 is 2.85 bits per heavy atom. The molecular weight excluding hydrogens is 292 g/mol. The van der Waals surface area contributed by atoms with Crippen LogP contribution in [-0.2, 0) is 16.6 Å². The van der Waals surface area contributed by atoms with Crippen molar-refractivity contribution in [1.29, 1.82) is 0 Å². The molecule has 112 valence electrons. The Hall–Kier alpha value is -0.560. The summed E-state index contributed by atoms with van der Waals surface area (Å²) in [5.74, 6) is 1.74. The molecule has 0 aliphatic carbocycles. The van der Waals surface area contributed by atoms with Crippen molar-refractivity contribution in [3.63, 3.8) is 0 Å². The summed E-state index contributed by atoms with van der Waals surface area (Å²) in [5.41, 5.74) is 0.847. The Kier molecular flexibility index (Phi) is 5.49. The van der Waals surface area contributed by atoms with E-state index in [0.717, 1.165) is 23.6 Å². The van der Waals surface area contributed by atoms with Gasteiger partial charge in [0.05, 0.1) is 4.90 Å². The Morgan fingerprint density at radius 1 is 1.40 bits per heavy atom. The smallest absolute Gasteiger partial charge is 0.243 e. The molecule has 1 aliphatic rings. The van der Waals surface area contributed by atoms with Gasteiger partial charge in [-0.3, -0.25) is 0 Å². The lowest BCUT2D eigenvalue weighted by Crippen LogP contribution is -2.44. The van der Waals surface area contributed by atoms with Gasteiger partial charge in [0.1, 0.15) is 0 Å². The Bertz CT molecular complexity index is 546. The van der Waals surface area contributed by atoms with E-state index in [1.54, 1.807) is 16.4 Å². The van der Waals surface area contributed by atoms with Gasteiger partial charge < -0.3 is 5.32 Å². The topological polar surface area (TPSA) is 49.4 Å². The lowest BCUT2D eigenvalue weighted by atomic mass is 10.2. The van der Waals surface area contributed by atoms with E-state index >= 15 is 0 Å². The van der Waals surface area contributed by atoms with E-state index in [1.165, 1.54) is 0 Å². The Labute approximate surface area is 126 Å². The average Bonchev–Trinajstić information content (AvgIpc) is 2.45. The normalized spacial score (nSPS) is 21.0. The van der Waals surface area contributed by atoms with Crippen LogP contribution in [0.1, 0.15) is 19.4 Å². The highest BCUT2D eigenvalue weighted by Crippen LogP contribution is 2.26. The molecule has 1 aliphatic heterocycles. The number of sulfonamides is 1. The minimum absolute atomic E-state index is 0.0611. The van der Waals surface area contributed by atoms with Gasteiger partial charge in [-0.05, 0) is 25.1 Å². The van der Waals surface area contributed by atoms with E-state index < -0.39 is 10.0 Å². The molecule has 20 heavy (non-hydrogen) atoms. The van der Waals surface area contributed by atoms with Crippen molar-refractivity contribution in [1.82, 2.24) is 9.62 Å². The summed E-state index contributed by atoms with van der Waals surface area (Å²) in [6, 6.07) is 7.35. The molecule has 1 aromatic carbocycles. The van der Waals surface area contributed by atoms with Crippen LogP contribution in [0.25, 0.3) is 0 Å². The SMILES string of the molecule is CCNCc1ccccc1S(=O)(=O)N1CCSCC1C. The molecule has 0 saturated carbocycles. The van der Waals surface area contributed by atoms with Crippen LogP contribution in [0.4, 0.5) is 0 Å². The first kappa shape index (κ1) is 15.8. The zero-order chi connectivity index (χ0) is 14.6. The van der Waals surface area contributed by atoms with E-state index in [0.29, 0.717) is 18.0 Å². The third-order valence-electron chi connectivity index (χ3n) is 3.43. The molecular formula is C14H22N2O2S2. The zero-order valence-electron chi connectivity index (χ0n) is 12.0. The van der Waals surface area contributed by atoms with Gasteiger partial charge in [-0.1, -0.05) is 25.1 Å². The largest absolute Gasteiger partial charge is 0.313 e. The summed E-state index contributed by atoms with van der Waals surface area (Å²) >= 11 is 1.82. The van der Waals surface area contributed by atoms with Gasteiger partial charge in [0, 0.05) is 30.6 Å². The fraction of sp³-hybridized carbons (Fsp3) is 0.571. The first-order chi connectivity index (χ1) is 9.57. The lowest BCUT2D eigenvalue weighted by Gasteiger charge is -2.32. The standard InChI is InChI=1S/C14H22N2O2S2/c1-3-15-10-13-6-4-5-7-14(13)20(17,18)16-8-9-19-11-12(16)2/h4-7,12,15H,3,8-11H2,1-2H3. The molecule has 1 saturated heterocycles. The second kappa shape index (κ2) is 6.93. The van der Waals surface area contributed by atoms with E-state index in [4.69, 9.17) is 0 Å². The van der Waals surface area contributed by atoms with Crippen molar-refractivity contribution in [3.8, 4) is 0 Å². The van der Waals surface area contributed by atoms with Crippen molar-refractivity contribution < 1.29 is 8.42 Å². The minimum Gasteiger partial charge on any atom is -0.313 e. The number of rotatable bonds is 5. The minimum atomic E-state index is -3.39. The third kappa shape index (κ3) is 3.36. The van der Waals surface area contributed by atoms with Crippen molar-refractivity contribution in [2.75, 3.05) is 24.6 Å². The fourth-order valence-electron chi connectivity index (χ4n) is 2.36. The molecule has 1 atom stereocenters. The lowest BCUT2D eigenvalue weighted by molar-refractivity contribution is 0.367. The highest BCUT2D eigenvalue weighted by atomic mass is 32.2. The van der Waals surface area contributed by atoms with E-state index in [9.17, 15) is 8.42 Å². The summed E-state index contributed by atoms with van der Waals surface area (Å²) < 4.78 is 27.4. The second-order valence-electron chi connectivity index (χ2n) is 4.93. The number of nitrogens with one attached hydrogen (secondary N) is 1. The van der Waals surface area contributed by atoms with E-state index in [1.807, 2.05) is 37.7 Å². The maximum Gasteiger partial charge on any atom is 0.243 e. The van der Waals surface area contributed by atoms with Gasteiger partial charge in [-0.25, -0.2) is 8.42 Å². The number of hydrogen-bond acceptors (Lipinski definition) is 4. The van der Waals surface area contributed by atoms with Gasteiger partial charge in [0.2, 0.25) is 10.0 Å². The zero-order valence-corrected chi connectivity index (χ0v) is 13.6. The molecule has 1 heterocycles. The number of benzene rings is 1. The van der Waals surface area contributed by atoms with Crippen molar-refractivity contribution in [2.24, 2.45) is 0 Å². The maximum atomic E-state index is 12.9. The Morgan fingerprint density at radius 2 is 2.15 bits per heavy atom. The molecule has 1 fully saturated rings. The summed E-state index contributed by atoms with van der Waals surface area (Å²) in [5, 5.41) is 3.20. The summed E-state index contributed by atoms with van der Waals surface area (Å²) in [6.45, 7) is 6.01. The first-order valence-corrected chi connectivity index (χ1v) is 9.55. The molecule has 0 radical (unpaired) electrons.